The molecular formula is C16H24N4O4. The number of ether oxygens (including phenoxy) is 1. The molecule has 1 aromatic rings. The van der Waals surface area contributed by atoms with Gasteiger partial charge in [0, 0.05) is 52.6 Å². The SMILES string of the molecule is COCCN1CCN(C(=O)CNCc2cc(C(=O)O)ccn2)CC1. The van der Waals surface area contributed by atoms with Crippen molar-refractivity contribution in [1.82, 2.24) is 20.1 Å². The van der Waals surface area contributed by atoms with Gasteiger partial charge in [-0.3, -0.25) is 14.7 Å². The lowest BCUT2D eigenvalue weighted by Gasteiger charge is -2.34. The number of nitrogens with one attached hydrogen (secondary N) is 1. The molecule has 24 heavy (non-hydrogen) atoms. The van der Waals surface area contributed by atoms with Crippen LogP contribution in [0.4, 0.5) is 0 Å². The van der Waals surface area contributed by atoms with E-state index in [1.807, 2.05) is 4.90 Å². The molecule has 1 aliphatic rings. The zero-order valence-electron chi connectivity index (χ0n) is 13.9. The molecule has 0 atom stereocenters. The van der Waals surface area contributed by atoms with Gasteiger partial charge in [-0.2, -0.15) is 0 Å². The first-order valence-corrected chi connectivity index (χ1v) is 7.98. The highest BCUT2D eigenvalue weighted by Gasteiger charge is 2.20. The molecule has 0 aromatic carbocycles. The Morgan fingerprint density at radius 3 is 2.75 bits per heavy atom. The van der Waals surface area contributed by atoms with E-state index >= 15 is 0 Å². The second-order valence-electron chi connectivity index (χ2n) is 5.66. The first-order chi connectivity index (χ1) is 11.6. The molecule has 1 amide bonds. The first-order valence-electron chi connectivity index (χ1n) is 7.98. The average molecular weight is 336 g/mol. The van der Waals surface area contributed by atoms with E-state index < -0.39 is 5.97 Å². The van der Waals surface area contributed by atoms with Crippen molar-refractivity contribution >= 4 is 11.9 Å². The van der Waals surface area contributed by atoms with E-state index in [2.05, 4.69) is 15.2 Å². The van der Waals surface area contributed by atoms with E-state index in [4.69, 9.17) is 9.84 Å². The molecule has 1 fully saturated rings. The van der Waals surface area contributed by atoms with Crippen molar-refractivity contribution in [1.29, 1.82) is 0 Å². The summed E-state index contributed by atoms with van der Waals surface area (Å²) >= 11 is 0. The number of carbonyl (C=O) groups is 2. The minimum atomic E-state index is -0.985. The van der Waals surface area contributed by atoms with Crippen molar-refractivity contribution in [3.05, 3.63) is 29.6 Å². The highest BCUT2D eigenvalue weighted by Crippen LogP contribution is 2.03. The van der Waals surface area contributed by atoms with E-state index in [0.717, 1.165) is 32.7 Å². The zero-order chi connectivity index (χ0) is 17.4. The van der Waals surface area contributed by atoms with Crippen molar-refractivity contribution in [3.63, 3.8) is 0 Å². The largest absolute Gasteiger partial charge is 0.478 e. The molecular weight excluding hydrogens is 312 g/mol. The molecule has 1 aliphatic heterocycles. The fourth-order valence-corrected chi connectivity index (χ4v) is 2.56. The first kappa shape index (κ1) is 18.3. The number of aromatic carboxylic acids is 1. The summed E-state index contributed by atoms with van der Waals surface area (Å²) in [5, 5.41) is 12.0. The number of pyridine rings is 1. The monoisotopic (exact) mass is 336 g/mol. The van der Waals surface area contributed by atoms with Gasteiger partial charge in [-0.25, -0.2) is 4.79 Å². The van der Waals surface area contributed by atoms with Gasteiger partial charge in [-0.05, 0) is 12.1 Å². The molecule has 0 radical (unpaired) electrons. The van der Waals surface area contributed by atoms with Gasteiger partial charge in [0.25, 0.3) is 0 Å². The zero-order valence-corrected chi connectivity index (χ0v) is 13.9. The van der Waals surface area contributed by atoms with Crippen LogP contribution in [0, 0.1) is 0 Å². The minimum absolute atomic E-state index is 0.0516. The quantitative estimate of drug-likeness (QED) is 0.670. The van der Waals surface area contributed by atoms with Crippen LogP contribution in [0.5, 0.6) is 0 Å². The van der Waals surface area contributed by atoms with Gasteiger partial charge in [-0.15, -0.1) is 0 Å². The van der Waals surface area contributed by atoms with Crippen LogP contribution in [0.25, 0.3) is 0 Å². The van der Waals surface area contributed by atoms with E-state index in [0.29, 0.717) is 18.8 Å². The highest BCUT2D eigenvalue weighted by molar-refractivity contribution is 5.87. The summed E-state index contributed by atoms with van der Waals surface area (Å²) in [4.78, 5) is 31.3. The molecule has 2 rings (SSSR count). The number of carbonyl (C=O) groups excluding carboxylic acids is 1. The van der Waals surface area contributed by atoms with Gasteiger partial charge in [0.2, 0.25) is 5.91 Å². The molecule has 132 valence electrons. The summed E-state index contributed by atoms with van der Waals surface area (Å²) in [7, 11) is 1.69. The number of nitrogens with zero attached hydrogens (tertiary/aromatic N) is 3. The Labute approximate surface area is 141 Å². The molecule has 1 aromatic heterocycles. The molecule has 8 heteroatoms. The van der Waals surface area contributed by atoms with E-state index in [-0.39, 0.29) is 18.0 Å². The van der Waals surface area contributed by atoms with Crippen LogP contribution in [0.3, 0.4) is 0 Å². The molecule has 0 aliphatic carbocycles. The molecule has 1 saturated heterocycles. The Balaban J connectivity index is 1.70. The van der Waals surface area contributed by atoms with Gasteiger partial charge in [-0.1, -0.05) is 0 Å². The van der Waals surface area contributed by atoms with Crippen LogP contribution in [-0.2, 0) is 16.1 Å². The van der Waals surface area contributed by atoms with Gasteiger partial charge in [0.15, 0.2) is 0 Å². The summed E-state index contributed by atoms with van der Waals surface area (Å²) in [5.74, 6) is -0.933. The summed E-state index contributed by atoms with van der Waals surface area (Å²) in [6, 6.07) is 2.95. The van der Waals surface area contributed by atoms with Crippen LogP contribution in [0.2, 0.25) is 0 Å². The van der Waals surface area contributed by atoms with E-state index in [9.17, 15) is 9.59 Å². The Kier molecular flexibility index (Phi) is 7.10. The Morgan fingerprint density at radius 1 is 1.33 bits per heavy atom. The predicted octanol–water partition coefficient (Wildman–Crippen LogP) is -0.340. The van der Waals surface area contributed by atoms with Crippen LogP contribution in [-0.4, -0.2) is 84.8 Å². The number of carboxylic acid groups (broad SMARTS) is 1. The van der Waals surface area contributed by atoms with Crippen molar-refractivity contribution in [2.75, 3.05) is 53.0 Å². The third kappa shape index (κ3) is 5.55. The number of hydrogen-bond acceptors (Lipinski definition) is 6. The predicted molar refractivity (Wildman–Crippen MR) is 87.8 cm³/mol. The number of rotatable bonds is 8. The van der Waals surface area contributed by atoms with Gasteiger partial charge in [0.1, 0.15) is 0 Å². The second kappa shape index (κ2) is 9.31. The lowest BCUT2D eigenvalue weighted by atomic mass is 10.2. The smallest absolute Gasteiger partial charge is 0.335 e. The van der Waals surface area contributed by atoms with Crippen LogP contribution in [0.1, 0.15) is 16.1 Å². The van der Waals surface area contributed by atoms with E-state index in [1.54, 1.807) is 7.11 Å². The lowest BCUT2D eigenvalue weighted by molar-refractivity contribution is -0.132. The summed E-state index contributed by atoms with van der Waals surface area (Å²) in [6.07, 6.45) is 1.46. The third-order valence-electron chi connectivity index (χ3n) is 3.98. The van der Waals surface area contributed by atoms with Gasteiger partial charge in [0.05, 0.1) is 24.4 Å². The van der Waals surface area contributed by atoms with Crippen molar-refractivity contribution in [2.45, 2.75) is 6.54 Å². The lowest BCUT2D eigenvalue weighted by Crippen LogP contribution is -2.51. The fraction of sp³-hybridized carbons (Fsp3) is 0.562. The molecule has 8 nitrogen and oxygen atoms in total. The third-order valence-corrected chi connectivity index (χ3v) is 3.98. The maximum Gasteiger partial charge on any atom is 0.335 e. The number of amides is 1. The normalized spacial score (nSPS) is 15.5. The molecule has 0 saturated carbocycles. The van der Waals surface area contributed by atoms with Crippen LogP contribution < -0.4 is 5.32 Å². The molecule has 0 bridgehead atoms. The number of methoxy groups -OCH3 is 1. The van der Waals surface area contributed by atoms with Gasteiger partial charge < -0.3 is 20.1 Å². The minimum Gasteiger partial charge on any atom is -0.478 e. The Hall–Kier alpha value is -2.03. The van der Waals surface area contributed by atoms with E-state index in [1.165, 1.54) is 18.3 Å². The number of aromatic nitrogens is 1. The Bertz CT molecular complexity index is 559. The molecule has 2 heterocycles. The summed E-state index contributed by atoms with van der Waals surface area (Å²) < 4.78 is 5.06. The van der Waals surface area contributed by atoms with Crippen molar-refractivity contribution < 1.29 is 19.4 Å². The molecule has 0 unspecified atom stereocenters. The second-order valence-corrected chi connectivity index (χ2v) is 5.66. The van der Waals surface area contributed by atoms with Crippen LogP contribution >= 0.6 is 0 Å². The summed E-state index contributed by atoms with van der Waals surface area (Å²) in [6.45, 7) is 5.33. The number of hydrogen-bond donors (Lipinski definition) is 2. The maximum atomic E-state index is 12.2. The Morgan fingerprint density at radius 2 is 2.08 bits per heavy atom. The number of carboxylic acids is 1. The average Bonchev–Trinajstić information content (AvgIpc) is 2.60. The van der Waals surface area contributed by atoms with Crippen molar-refractivity contribution in [2.24, 2.45) is 0 Å². The highest BCUT2D eigenvalue weighted by atomic mass is 16.5. The van der Waals surface area contributed by atoms with Crippen LogP contribution in [0.15, 0.2) is 18.3 Å². The van der Waals surface area contributed by atoms with Crippen molar-refractivity contribution in [3.8, 4) is 0 Å². The maximum absolute atomic E-state index is 12.2. The number of piperazine rings is 1. The molecule has 0 spiro atoms. The topological polar surface area (TPSA) is 95.0 Å². The summed E-state index contributed by atoms with van der Waals surface area (Å²) in [5.41, 5.74) is 0.799. The fourth-order valence-electron chi connectivity index (χ4n) is 2.56. The standard InChI is InChI=1S/C16H24N4O4/c1-24-9-8-19-4-6-20(7-5-19)15(21)12-17-11-14-10-13(16(22)23)2-3-18-14/h2-3,10,17H,4-9,11-12H2,1H3,(H,22,23). The van der Waals surface area contributed by atoms with Gasteiger partial charge >= 0.3 is 5.97 Å². The molecule has 2 N–H and O–H groups in total.